The lowest BCUT2D eigenvalue weighted by molar-refractivity contribution is -0.139. The third-order valence-electron chi connectivity index (χ3n) is 2.17. The van der Waals surface area contributed by atoms with Gasteiger partial charge in [-0.1, -0.05) is 0 Å². The highest BCUT2D eigenvalue weighted by atomic mass is 35.5. The van der Waals surface area contributed by atoms with Crippen LogP contribution in [0.4, 0.5) is 0 Å². The summed E-state index contributed by atoms with van der Waals surface area (Å²) in [6.07, 6.45) is 2.05. The van der Waals surface area contributed by atoms with Gasteiger partial charge in [-0.25, -0.2) is 0 Å². The average Bonchev–Trinajstić information content (AvgIpc) is 2.40. The average molecular weight is 164 g/mol. The molecular formula is C6H10ClNO2. The molecule has 10 heavy (non-hydrogen) atoms. The topological polar surface area (TPSA) is 49.3 Å². The van der Waals surface area contributed by atoms with Crippen LogP contribution in [0.15, 0.2) is 0 Å². The van der Waals surface area contributed by atoms with E-state index in [0.717, 1.165) is 6.42 Å². The Balaban J connectivity index is 0.000000500. The summed E-state index contributed by atoms with van der Waals surface area (Å²) in [4.78, 5) is 10.3. The Labute approximate surface area is 65.2 Å². The van der Waals surface area contributed by atoms with Crippen molar-refractivity contribution in [3.63, 3.8) is 0 Å². The van der Waals surface area contributed by atoms with Gasteiger partial charge in [0.15, 0.2) is 0 Å². The molecule has 1 saturated heterocycles. The number of aliphatic carboxylic acids is 1. The minimum atomic E-state index is -0.692. The van der Waals surface area contributed by atoms with Crippen LogP contribution in [0, 0.1) is 5.92 Å². The molecule has 0 aromatic rings. The molecule has 1 unspecified atom stereocenters. The van der Waals surface area contributed by atoms with Crippen molar-refractivity contribution in [3.8, 4) is 0 Å². The third kappa shape index (κ3) is 1.11. The molecule has 2 aliphatic rings. The van der Waals surface area contributed by atoms with Gasteiger partial charge in [0.25, 0.3) is 0 Å². The maximum Gasteiger partial charge on any atom is 0.320 e. The van der Waals surface area contributed by atoms with Gasteiger partial charge in [-0.05, 0) is 18.8 Å². The second-order valence-corrected chi connectivity index (χ2v) is 2.90. The molecule has 2 rings (SSSR count). The zero-order valence-corrected chi connectivity index (χ0v) is 6.23. The van der Waals surface area contributed by atoms with E-state index in [-0.39, 0.29) is 18.4 Å². The molecule has 1 aliphatic carbocycles. The molecule has 1 aliphatic heterocycles. The van der Waals surface area contributed by atoms with Crippen LogP contribution in [0.2, 0.25) is 0 Å². The van der Waals surface area contributed by atoms with Crippen molar-refractivity contribution in [2.75, 3.05) is 0 Å². The summed E-state index contributed by atoms with van der Waals surface area (Å²) in [7, 11) is 0. The first-order valence-electron chi connectivity index (χ1n) is 3.26. The summed E-state index contributed by atoms with van der Waals surface area (Å²) in [6, 6.07) is 0.305. The van der Waals surface area contributed by atoms with E-state index in [2.05, 4.69) is 5.32 Å². The highest BCUT2D eigenvalue weighted by Gasteiger charge is 2.47. The molecule has 0 radical (unpaired) electrons. The van der Waals surface area contributed by atoms with Crippen molar-refractivity contribution in [3.05, 3.63) is 0 Å². The summed E-state index contributed by atoms with van der Waals surface area (Å²) < 4.78 is 0. The molecule has 58 valence electrons. The normalized spacial score (nSPS) is 41.8. The van der Waals surface area contributed by atoms with Crippen molar-refractivity contribution in [1.82, 2.24) is 5.32 Å². The fourth-order valence-electron chi connectivity index (χ4n) is 1.51. The minimum absolute atomic E-state index is 0. The van der Waals surface area contributed by atoms with Gasteiger partial charge in [-0.2, -0.15) is 0 Å². The van der Waals surface area contributed by atoms with E-state index < -0.39 is 5.97 Å². The number of rotatable bonds is 1. The smallest absolute Gasteiger partial charge is 0.320 e. The Bertz CT molecular complexity index is 152. The van der Waals surface area contributed by atoms with Crippen LogP contribution in [-0.2, 0) is 4.79 Å². The molecule has 3 nitrogen and oxygen atoms in total. The lowest BCUT2D eigenvalue weighted by atomic mass is 10.2. The Morgan fingerprint density at radius 2 is 2.20 bits per heavy atom. The Morgan fingerprint density at radius 1 is 1.50 bits per heavy atom. The summed E-state index contributed by atoms with van der Waals surface area (Å²) in [5, 5.41) is 11.5. The van der Waals surface area contributed by atoms with Crippen molar-refractivity contribution < 1.29 is 9.90 Å². The Morgan fingerprint density at radius 3 is 2.50 bits per heavy atom. The lowest BCUT2D eigenvalue weighted by Gasteiger charge is -2.04. The van der Waals surface area contributed by atoms with Gasteiger partial charge in [0, 0.05) is 6.04 Å². The molecule has 0 aromatic carbocycles. The SMILES string of the molecule is Cl.O=C(O)C1C[C@H]2C[C@H]2N1. The number of carboxylic acids is 1. The maximum absolute atomic E-state index is 10.3. The number of nitrogens with one attached hydrogen (secondary N) is 1. The summed E-state index contributed by atoms with van der Waals surface area (Å²) >= 11 is 0. The molecule has 2 fully saturated rings. The minimum Gasteiger partial charge on any atom is -0.480 e. The van der Waals surface area contributed by atoms with Crippen LogP contribution < -0.4 is 5.32 Å². The fourth-order valence-corrected chi connectivity index (χ4v) is 1.51. The first-order chi connectivity index (χ1) is 4.27. The number of carbonyl (C=O) groups is 1. The van der Waals surface area contributed by atoms with E-state index in [4.69, 9.17) is 5.11 Å². The van der Waals surface area contributed by atoms with Gasteiger partial charge in [-0.3, -0.25) is 4.79 Å². The number of hydrogen-bond acceptors (Lipinski definition) is 2. The molecule has 2 N–H and O–H groups in total. The van der Waals surface area contributed by atoms with Crippen molar-refractivity contribution in [2.45, 2.75) is 24.9 Å². The monoisotopic (exact) mass is 163 g/mol. The molecule has 0 aromatic heterocycles. The number of piperidine rings is 1. The molecule has 0 amide bonds. The standard InChI is InChI=1S/C6H9NO2.ClH/c8-6(9)5-2-3-1-4(3)7-5;/h3-5,7H,1-2H2,(H,8,9);1H/t3-,4-,5?;/m1./s1. The molecule has 0 bridgehead atoms. The van der Waals surface area contributed by atoms with Crippen LogP contribution in [0.5, 0.6) is 0 Å². The van der Waals surface area contributed by atoms with E-state index in [9.17, 15) is 4.79 Å². The second-order valence-electron chi connectivity index (χ2n) is 2.90. The van der Waals surface area contributed by atoms with Crippen molar-refractivity contribution in [2.24, 2.45) is 5.92 Å². The first kappa shape index (κ1) is 7.82. The number of fused-ring (bicyclic) bond motifs is 1. The van der Waals surface area contributed by atoms with Gasteiger partial charge in [0.2, 0.25) is 0 Å². The quantitative estimate of drug-likeness (QED) is 0.583. The molecule has 3 atom stereocenters. The van der Waals surface area contributed by atoms with E-state index in [1.54, 1.807) is 0 Å². The molecule has 0 spiro atoms. The van der Waals surface area contributed by atoms with Crippen LogP contribution >= 0.6 is 12.4 Å². The van der Waals surface area contributed by atoms with E-state index >= 15 is 0 Å². The number of hydrogen-bond donors (Lipinski definition) is 2. The maximum atomic E-state index is 10.3. The van der Waals surface area contributed by atoms with Gasteiger partial charge < -0.3 is 10.4 Å². The molecule has 4 heteroatoms. The Hall–Kier alpha value is -0.280. The fraction of sp³-hybridized carbons (Fsp3) is 0.833. The van der Waals surface area contributed by atoms with Gasteiger partial charge in [-0.15, -0.1) is 12.4 Å². The number of carboxylic acid groups (broad SMARTS) is 1. The Kier molecular flexibility index (Phi) is 1.88. The van der Waals surface area contributed by atoms with E-state index in [1.165, 1.54) is 6.42 Å². The van der Waals surface area contributed by atoms with Gasteiger partial charge >= 0.3 is 5.97 Å². The second kappa shape index (κ2) is 2.40. The van der Waals surface area contributed by atoms with Crippen molar-refractivity contribution in [1.29, 1.82) is 0 Å². The van der Waals surface area contributed by atoms with Gasteiger partial charge in [0.05, 0.1) is 0 Å². The lowest BCUT2D eigenvalue weighted by Crippen LogP contribution is -2.33. The van der Waals surface area contributed by atoms with E-state index in [1.807, 2.05) is 0 Å². The molecular weight excluding hydrogens is 154 g/mol. The third-order valence-corrected chi connectivity index (χ3v) is 2.17. The van der Waals surface area contributed by atoms with Crippen LogP contribution in [-0.4, -0.2) is 23.2 Å². The molecule has 1 heterocycles. The largest absolute Gasteiger partial charge is 0.480 e. The predicted molar refractivity (Wildman–Crippen MR) is 38.3 cm³/mol. The zero-order valence-electron chi connectivity index (χ0n) is 5.41. The predicted octanol–water partition coefficient (Wildman–Crippen LogP) is 0.243. The highest BCUT2D eigenvalue weighted by Crippen LogP contribution is 2.40. The van der Waals surface area contributed by atoms with E-state index in [0.29, 0.717) is 12.0 Å². The number of halogens is 1. The summed E-state index contributed by atoms with van der Waals surface area (Å²) in [5.74, 6) is -0.00620. The molecule has 1 saturated carbocycles. The zero-order chi connectivity index (χ0) is 6.43. The first-order valence-corrected chi connectivity index (χ1v) is 3.26. The highest BCUT2D eigenvalue weighted by molar-refractivity contribution is 5.85. The van der Waals surface area contributed by atoms with Crippen LogP contribution in [0.25, 0.3) is 0 Å². The van der Waals surface area contributed by atoms with Gasteiger partial charge in [0.1, 0.15) is 6.04 Å². The van der Waals surface area contributed by atoms with Crippen LogP contribution in [0.1, 0.15) is 12.8 Å². The summed E-state index contributed by atoms with van der Waals surface area (Å²) in [6.45, 7) is 0. The van der Waals surface area contributed by atoms with Crippen LogP contribution in [0.3, 0.4) is 0 Å². The summed E-state index contributed by atoms with van der Waals surface area (Å²) in [5.41, 5.74) is 0. The van der Waals surface area contributed by atoms with Crippen molar-refractivity contribution >= 4 is 18.4 Å².